The molecule has 0 saturated carbocycles. The van der Waals surface area contributed by atoms with Gasteiger partial charge in [-0.2, -0.15) is 0 Å². The molecule has 2 rings (SSSR count). The Hall–Kier alpha value is -1.22. The smallest absolute Gasteiger partial charge is 0.116 e. The van der Waals surface area contributed by atoms with E-state index >= 15 is 0 Å². The number of hydrogen-bond donors (Lipinski definition) is 3. The Kier molecular flexibility index (Phi) is 2.10. The highest BCUT2D eigenvalue weighted by Gasteiger charge is 2.18. The number of hydrogen-bond acceptors (Lipinski definition) is 3. The molecule has 0 aromatic heterocycles. The van der Waals surface area contributed by atoms with Gasteiger partial charge in [0, 0.05) is 12.2 Å². The number of nitrogens with two attached hydrogens (primary N) is 1. The highest BCUT2D eigenvalue weighted by Crippen LogP contribution is 2.29. The van der Waals surface area contributed by atoms with Crippen molar-refractivity contribution in [3.8, 4) is 5.75 Å². The number of phenols is 1. The second-order valence-electron chi connectivity index (χ2n) is 3.50. The maximum atomic E-state index is 9.32. The van der Waals surface area contributed by atoms with Crippen LogP contribution in [-0.4, -0.2) is 18.2 Å². The Morgan fingerprint density at radius 3 is 3.00 bits per heavy atom. The molecule has 0 aliphatic carbocycles. The summed E-state index contributed by atoms with van der Waals surface area (Å²) in [6.45, 7) is 2.01. The second kappa shape index (κ2) is 3.26. The summed E-state index contributed by atoms with van der Waals surface area (Å²) in [5, 5.41) is 12.6. The van der Waals surface area contributed by atoms with Gasteiger partial charge in [0.15, 0.2) is 0 Å². The lowest BCUT2D eigenvalue weighted by Gasteiger charge is -2.11. The van der Waals surface area contributed by atoms with Crippen LogP contribution in [0.2, 0.25) is 0 Å². The monoisotopic (exact) mass is 178 g/mol. The van der Waals surface area contributed by atoms with Gasteiger partial charge in [-0.05, 0) is 42.6 Å². The maximum absolute atomic E-state index is 9.32. The normalized spacial score (nSPS) is 22.0. The fraction of sp³-hybridized carbons (Fsp3) is 0.400. The van der Waals surface area contributed by atoms with E-state index in [1.165, 1.54) is 0 Å². The molecule has 1 aromatic carbocycles. The van der Waals surface area contributed by atoms with Gasteiger partial charge in [-0.3, -0.25) is 0 Å². The molecular formula is C10H14N2O. The summed E-state index contributed by atoms with van der Waals surface area (Å²) >= 11 is 0. The molecule has 1 atom stereocenters. The van der Waals surface area contributed by atoms with Gasteiger partial charge in [0.1, 0.15) is 5.75 Å². The minimum Gasteiger partial charge on any atom is -0.508 e. The Bertz CT molecular complexity index is 306. The summed E-state index contributed by atoms with van der Waals surface area (Å²) in [6.07, 6.45) is 1.10. The van der Waals surface area contributed by atoms with Crippen molar-refractivity contribution in [2.75, 3.05) is 18.8 Å². The van der Waals surface area contributed by atoms with E-state index in [0.29, 0.717) is 11.7 Å². The average Bonchev–Trinajstić information content (AvgIpc) is 2.61. The summed E-state index contributed by atoms with van der Waals surface area (Å²) in [5.74, 6) is 0.767. The SMILES string of the molecule is Nc1ccc(O)cc1C1CCNC1. The van der Waals surface area contributed by atoms with Crippen LogP contribution in [0.15, 0.2) is 18.2 Å². The van der Waals surface area contributed by atoms with E-state index in [-0.39, 0.29) is 0 Å². The molecule has 1 unspecified atom stereocenters. The minimum absolute atomic E-state index is 0.302. The van der Waals surface area contributed by atoms with Crippen LogP contribution in [0, 0.1) is 0 Å². The molecule has 3 heteroatoms. The first-order valence-electron chi connectivity index (χ1n) is 4.56. The van der Waals surface area contributed by atoms with E-state index in [4.69, 9.17) is 5.73 Å². The fourth-order valence-electron chi connectivity index (χ4n) is 1.84. The van der Waals surface area contributed by atoms with Crippen molar-refractivity contribution >= 4 is 5.69 Å². The van der Waals surface area contributed by atoms with Crippen LogP contribution in [-0.2, 0) is 0 Å². The molecule has 1 saturated heterocycles. The number of nitrogens with one attached hydrogen (secondary N) is 1. The predicted molar refractivity (Wildman–Crippen MR) is 52.7 cm³/mol. The van der Waals surface area contributed by atoms with Crippen molar-refractivity contribution in [3.63, 3.8) is 0 Å². The Balaban J connectivity index is 2.32. The van der Waals surface area contributed by atoms with E-state index < -0.39 is 0 Å². The number of rotatable bonds is 1. The highest BCUT2D eigenvalue weighted by atomic mass is 16.3. The van der Waals surface area contributed by atoms with Crippen molar-refractivity contribution in [3.05, 3.63) is 23.8 Å². The second-order valence-corrected chi connectivity index (χ2v) is 3.50. The number of nitrogen functional groups attached to an aromatic ring is 1. The van der Waals surface area contributed by atoms with Crippen molar-refractivity contribution < 1.29 is 5.11 Å². The lowest BCUT2D eigenvalue weighted by atomic mass is 9.96. The molecule has 4 N–H and O–H groups in total. The van der Waals surface area contributed by atoms with Gasteiger partial charge in [-0.1, -0.05) is 0 Å². The predicted octanol–water partition coefficient (Wildman–Crippen LogP) is 1.05. The zero-order valence-corrected chi connectivity index (χ0v) is 7.46. The van der Waals surface area contributed by atoms with Crippen LogP contribution in [0.3, 0.4) is 0 Å². The van der Waals surface area contributed by atoms with Gasteiger partial charge in [0.25, 0.3) is 0 Å². The molecule has 1 aromatic rings. The van der Waals surface area contributed by atoms with Gasteiger partial charge < -0.3 is 16.2 Å². The zero-order chi connectivity index (χ0) is 9.26. The van der Waals surface area contributed by atoms with E-state index in [1.807, 2.05) is 0 Å². The molecule has 3 nitrogen and oxygen atoms in total. The molecule has 0 amide bonds. The third-order valence-corrected chi connectivity index (χ3v) is 2.57. The molecular weight excluding hydrogens is 164 g/mol. The maximum Gasteiger partial charge on any atom is 0.116 e. The molecule has 1 heterocycles. The molecule has 70 valence electrons. The van der Waals surface area contributed by atoms with Crippen molar-refractivity contribution in [2.24, 2.45) is 0 Å². The quantitative estimate of drug-likeness (QED) is 0.445. The van der Waals surface area contributed by atoms with Crippen LogP contribution in [0.5, 0.6) is 5.75 Å². The van der Waals surface area contributed by atoms with Crippen LogP contribution >= 0.6 is 0 Å². The lowest BCUT2D eigenvalue weighted by Crippen LogP contribution is -2.09. The minimum atomic E-state index is 0.302. The molecule has 0 spiro atoms. The molecule has 0 bridgehead atoms. The third-order valence-electron chi connectivity index (χ3n) is 2.57. The van der Waals surface area contributed by atoms with Gasteiger partial charge >= 0.3 is 0 Å². The number of aromatic hydroxyl groups is 1. The van der Waals surface area contributed by atoms with Gasteiger partial charge in [0.05, 0.1) is 0 Å². The van der Waals surface area contributed by atoms with E-state index in [1.54, 1.807) is 18.2 Å². The Morgan fingerprint density at radius 1 is 1.46 bits per heavy atom. The summed E-state index contributed by atoms with van der Waals surface area (Å²) in [6, 6.07) is 5.16. The van der Waals surface area contributed by atoms with Crippen molar-refractivity contribution in [2.45, 2.75) is 12.3 Å². The summed E-state index contributed by atoms with van der Waals surface area (Å²) in [5.41, 5.74) is 7.69. The molecule has 1 fully saturated rings. The molecule has 1 aliphatic rings. The number of anilines is 1. The van der Waals surface area contributed by atoms with Crippen LogP contribution in [0.4, 0.5) is 5.69 Å². The van der Waals surface area contributed by atoms with Gasteiger partial charge in [-0.25, -0.2) is 0 Å². The standard InChI is InChI=1S/C10H14N2O/c11-10-2-1-8(13)5-9(10)7-3-4-12-6-7/h1-2,5,7,12-13H,3-4,6,11H2. The fourth-order valence-corrected chi connectivity index (χ4v) is 1.84. The lowest BCUT2D eigenvalue weighted by molar-refractivity contribution is 0.474. The number of benzene rings is 1. The first-order valence-corrected chi connectivity index (χ1v) is 4.56. The Labute approximate surface area is 77.6 Å². The van der Waals surface area contributed by atoms with Crippen LogP contribution < -0.4 is 11.1 Å². The summed E-state index contributed by atoms with van der Waals surface area (Å²) < 4.78 is 0. The third kappa shape index (κ3) is 1.60. The van der Waals surface area contributed by atoms with E-state index in [0.717, 1.165) is 30.8 Å². The molecule has 0 radical (unpaired) electrons. The molecule has 1 aliphatic heterocycles. The first-order chi connectivity index (χ1) is 6.27. The van der Waals surface area contributed by atoms with Crippen LogP contribution in [0.25, 0.3) is 0 Å². The molecule has 13 heavy (non-hydrogen) atoms. The summed E-state index contributed by atoms with van der Waals surface area (Å²) in [7, 11) is 0. The topological polar surface area (TPSA) is 58.3 Å². The largest absolute Gasteiger partial charge is 0.508 e. The summed E-state index contributed by atoms with van der Waals surface area (Å²) in [4.78, 5) is 0. The van der Waals surface area contributed by atoms with Crippen LogP contribution in [0.1, 0.15) is 17.9 Å². The Morgan fingerprint density at radius 2 is 2.31 bits per heavy atom. The number of phenolic OH excluding ortho intramolecular Hbond substituents is 1. The van der Waals surface area contributed by atoms with Gasteiger partial charge in [-0.15, -0.1) is 0 Å². The van der Waals surface area contributed by atoms with Crippen molar-refractivity contribution in [1.82, 2.24) is 5.32 Å². The van der Waals surface area contributed by atoms with Crippen molar-refractivity contribution in [1.29, 1.82) is 0 Å². The van der Waals surface area contributed by atoms with Gasteiger partial charge in [0.2, 0.25) is 0 Å². The highest BCUT2D eigenvalue weighted by molar-refractivity contribution is 5.52. The first kappa shape index (κ1) is 8.38. The average molecular weight is 178 g/mol. The zero-order valence-electron chi connectivity index (χ0n) is 7.46. The van der Waals surface area contributed by atoms with E-state index in [9.17, 15) is 5.11 Å². The van der Waals surface area contributed by atoms with E-state index in [2.05, 4.69) is 5.32 Å².